The smallest absolute Gasteiger partial charge is 0.249 e. The molecule has 0 aliphatic heterocycles. The van der Waals surface area contributed by atoms with E-state index in [9.17, 15) is 18.9 Å². The highest BCUT2D eigenvalue weighted by Gasteiger charge is 2.24. The van der Waals surface area contributed by atoms with Crippen LogP contribution in [-0.2, 0) is 21.3 Å². The highest BCUT2D eigenvalue weighted by Crippen LogP contribution is 2.38. The van der Waals surface area contributed by atoms with E-state index in [2.05, 4.69) is 35.7 Å². The number of methoxy groups -OCH3 is 1. The van der Waals surface area contributed by atoms with Gasteiger partial charge in [0.1, 0.15) is 30.3 Å². The molecule has 0 N–H and O–H groups in total. The molecule has 0 radical (unpaired) electrons. The lowest BCUT2D eigenvalue weighted by Crippen LogP contribution is -2.22. The first-order valence-corrected chi connectivity index (χ1v) is 16.2. The van der Waals surface area contributed by atoms with Crippen molar-refractivity contribution in [2.45, 2.75) is 37.6 Å². The number of sulfone groups is 1. The second kappa shape index (κ2) is 9.72. The maximum Gasteiger partial charge on any atom is 0.249 e. The monoisotopic (exact) mass is 517 g/mol. The van der Waals surface area contributed by atoms with Crippen LogP contribution in [0.3, 0.4) is 0 Å². The predicted octanol–water partition coefficient (Wildman–Crippen LogP) is 4.22. The standard InChI is InChI=1S/C22H24ClN5O4SSi/c1-31-18-9-16(17(23)8-14(18)10-24)20-19-15(11-25)12-28(13-32-6-7-34(3,4)5)21(19)27-22(26-20)33(2,29)30/h8-9,12H,6-7,13H2,1-5H3. The third-order valence-corrected chi connectivity index (χ3v) is 7.90. The number of hydrogen-bond acceptors (Lipinski definition) is 8. The summed E-state index contributed by atoms with van der Waals surface area (Å²) in [7, 11) is -3.70. The summed E-state index contributed by atoms with van der Waals surface area (Å²) >= 11 is 6.46. The summed E-state index contributed by atoms with van der Waals surface area (Å²) < 4.78 is 37.5. The summed E-state index contributed by atoms with van der Waals surface area (Å²) in [4.78, 5) is 8.51. The maximum absolute atomic E-state index is 12.4. The third-order valence-electron chi connectivity index (χ3n) is 5.04. The number of ether oxygens (including phenoxy) is 2. The highest BCUT2D eigenvalue weighted by molar-refractivity contribution is 7.90. The van der Waals surface area contributed by atoms with Crippen LogP contribution >= 0.6 is 11.6 Å². The fraction of sp³-hybridized carbons (Fsp3) is 0.364. The predicted molar refractivity (Wildman–Crippen MR) is 131 cm³/mol. The molecule has 0 saturated heterocycles. The van der Waals surface area contributed by atoms with Crippen LogP contribution in [0, 0.1) is 22.7 Å². The number of hydrogen-bond donors (Lipinski definition) is 0. The molecule has 2 heterocycles. The van der Waals surface area contributed by atoms with Crippen molar-refractivity contribution in [3.8, 4) is 29.1 Å². The number of nitrogens with zero attached hydrogens (tertiary/aromatic N) is 5. The Hall–Kier alpha value is -2.96. The minimum absolute atomic E-state index is 0.0900. The SMILES string of the molecule is COc1cc(-c2nc(S(C)(=O)=O)nc3c2c(C#N)cn3COCC[Si](C)(C)C)c(Cl)cc1C#N. The quantitative estimate of drug-likeness (QED) is 0.246. The lowest BCUT2D eigenvalue weighted by Gasteiger charge is -2.16. The van der Waals surface area contributed by atoms with Gasteiger partial charge in [-0.3, -0.25) is 0 Å². The van der Waals surface area contributed by atoms with Crippen LogP contribution in [-0.4, -0.2) is 51.0 Å². The molecule has 0 aliphatic rings. The molecule has 3 aromatic rings. The first-order chi connectivity index (χ1) is 15.9. The van der Waals surface area contributed by atoms with Gasteiger partial charge in [-0.15, -0.1) is 0 Å². The number of fused-ring (bicyclic) bond motifs is 1. The molecule has 2 aromatic heterocycles. The lowest BCUT2D eigenvalue weighted by molar-refractivity contribution is 0.0898. The van der Waals surface area contributed by atoms with Crippen molar-refractivity contribution in [1.82, 2.24) is 14.5 Å². The summed E-state index contributed by atoms with van der Waals surface area (Å²) in [6.07, 6.45) is 2.56. The number of nitriles is 2. The van der Waals surface area contributed by atoms with Gasteiger partial charge in [-0.25, -0.2) is 13.4 Å². The summed E-state index contributed by atoms with van der Waals surface area (Å²) in [6, 6.07) is 7.97. The van der Waals surface area contributed by atoms with Crippen molar-refractivity contribution in [3.63, 3.8) is 0 Å². The van der Waals surface area contributed by atoms with Crippen molar-refractivity contribution < 1.29 is 17.9 Å². The fourth-order valence-corrected chi connectivity index (χ4v) is 4.76. The zero-order valence-electron chi connectivity index (χ0n) is 19.5. The van der Waals surface area contributed by atoms with Crippen LogP contribution < -0.4 is 4.74 Å². The summed E-state index contributed by atoms with van der Waals surface area (Å²) in [5.74, 6) is 0.238. The number of benzene rings is 1. The van der Waals surface area contributed by atoms with E-state index in [1.807, 2.05) is 6.07 Å². The Kier molecular flexibility index (Phi) is 7.34. The molecule has 0 fully saturated rings. The molecule has 9 nitrogen and oxygen atoms in total. The van der Waals surface area contributed by atoms with Crippen LogP contribution in [0.15, 0.2) is 23.5 Å². The van der Waals surface area contributed by atoms with Gasteiger partial charge >= 0.3 is 0 Å². The Morgan fingerprint density at radius 1 is 1.15 bits per heavy atom. The average Bonchev–Trinajstić information content (AvgIpc) is 3.12. The van der Waals surface area contributed by atoms with Gasteiger partial charge in [-0.2, -0.15) is 15.5 Å². The van der Waals surface area contributed by atoms with E-state index in [0.29, 0.717) is 17.6 Å². The number of aromatic nitrogens is 3. The molecule has 0 aliphatic carbocycles. The molecular formula is C22H24ClN5O4SSi. The van der Waals surface area contributed by atoms with Crippen LogP contribution in [0.2, 0.25) is 30.7 Å². The normalized spacial score (nSPS) is 11.9. The van der Waals surface area contributed by atoms with Crippen molar-refractivity contribution in [1.29, 1.82) is 10.5 Å². The van der Waals surface area contributed by atoms with Gasteiger partial charge < -0.3 is 14.0 Å². The minimum Gasteiger partial charge on any atom is -0.495 e. The van der Waals surface area contributed by atoms with Crippen molar-refractivity contribution in [3.05, 3.63) is 34.5 Å². The second-order valence-electron chi connectivity index (χ2n) is 8.94. The molecule has 3 rings (SSSR count). The summed E-state index contributed by atoms with van der Waals surface area (Å²) in [5.41, 5.74) is 1.13. The average molecular weight is 518 g/mol. The molecule has 0 atom stereocenters. The Labute approximate surface area is 204 Å². The second-order valence-corrected chi connectivity index (χ2v) is 16.9. The molecule has 1 aromatic carbocycles. The topological polar surface area (TPSA) is 131 Å². The Bertz CT molecular complexity index is 1450. The number of halogens is 1. The minimum atomic E-state index is -3.81. The van der Waals surface area contributed by atoms with E-state index in [1.54, 1.807) is 10.8 Å². The van der Waals surface area contributed by atoms with Crippen LogP contribution in [0.25, 0.3) is 22.3 Å². The van der Waals surface area contributed by atoms with Crippen molar-refractivity contribution in [2.75, 3.05) is 20.0 Å². The molecule has 0 saturated carbocycles. The molecule has 0 spiro atoms. The molecule has 34 heavy (non-hydrogen) atoms. The molecule has 0 unspecified atom stereocenters. The van der Waals surface area contributed by atoms with Gasteiger partial charge in [0, 0.05) is 32.7 Å². The van der Waals surface area contributed by atoms with E-state index in [-0.39, 0.29) is 40.0 Å². The first-order valence-electron chi connectivity index (χ1n) is 10.3. The zero-order chi connectivity index (χ0) is 25.3. The van der Waals surface area contributed by atoms with E-state index < -0.39 is 23.1 Å². The largest absolute Gasteiger partial charge is 0.495 e. The van der Waals surface area contributed by atoms with Gasteiger partial charge in [0.2, 0.25) is 15.0 Å². The van der Waals surface area contributed by atoms with Gasteiger partial charge in [0.25, 0.3) is 0 Å². The molecule has 0 amide bonds. The third kappa shape index (κ3) is 5.40. The van der Waals surface area contributed by atoms with E-state index in [0.717, 1.165) is 12.3 Å². The van der Waals surface area contributed by atoms with Crippen LogP contribution in [0.1, 0.15) is 11.1 Å². The molecular weight excluding hydrogens is 494 g/mol. The molecule has 0 bridgehead atoms. The fourth-order valence-electron chi connectivity index (χ4n) is 3.24. The Morgan fingerprint density at radius 2 is 1.82 bits per heavy atom. The van der Waals surface area contributed by atoms with E-state index in [1.165, 1.54) is 19.2 Å². The molecule has 12 heteroatoms. The highest BCUT2D eigenvalue weighted by atomic mass is 35.5. The van der Waals surface area contributed by atoms with E-state index >= 15 is 0 Å². The molecule has 178 valence electrons. The lowest BCUT2D eigenvalue weighted by atomic mass is 10.0. The van der Waals surface area contributed by atoms with Crippen LogP contribution in [0.4, 0.5) is 0 Å². The maximum atomic E-state index is 12.4. The van der Waals surface area contributed by atoms with Gasteiger partial charge in [-0.05, 0) is 18.2 Å². The zero-order valence-corrected chi connectivity index (χ0v) is 22.1. The van der Waals surface area contributed by atoms with Gasteiger partial charge in [0.15, 0.2) is 0 Å². The first kappa shape index (κ1) is 25.7. The van der Waals surface area contributed by atoms with Gasteiger partial charge in [-0.1, -0.05) is 31.2 Å². The van der Waals surface area contributed by atoms with Crippen LogP contribution in [0.5, 0.6) is 5.75 Å². The summed E-state index contributed by atoms with van der Waals surface area (Å²) in [5, 5.41) is 19.2. The van der Waals surface area contributed by atoms with E-state index in [4.69, 9.17) is 21.1 Å². The summed E-state index contributed by atoms with van der Waals surface area (Å²) in [6.45, 7) is 7.34. The Morgan fingerprint density at radius 3 is 2.38 bits per heavy atom. The van der Waals surface area contributed by atoms with Gasteiger partial charge in [0.05, 0.1) is 34.3 Å². The van der Waals surface area contributed by atoms with Crippen molar-refractivity contribution in [2.24, 2.45) is 0 Å². The van der Waals surface area contributed by atoms with Crippen molar-refractivity contribution >= 4 is 40.5 Å². The Balaban J connectivity index is 2.26. The number of rotatable bonds is 8.